The van der Waals surface area contributed by atoms with E-state index in [4.69, 9.17) is 4.74 Å². The number of amides is 1. The SMILES string of the molecule is CC(=O)c1ccc(NC(=O)[C@@H](C)Oc2ccc(=O)n(-c3ccc(F)cc3)n2)cc1. The maximum Gasteiger partial charge on any atom is 0.271 e. The number of hydrogen-bond acceptors (Lipinski definition) is 5. The van der Waals surface area contributed by atoms with Crippen molar-refractivity contribution in [2.24, 2.45) is 0 Å². The number of Topliss-reactive ketones (excluding diaryl/α,β-unsaturated/α-hetero) is 1. The Hall–Kier alpha value is -3.81. The van der Waals surface area contributed by atoms with E-state index < -0.39 is 23.4 Å². The number of anilines is 1. The van der Waals surface area contributed by atoms with Gasteiger partial charge >= 0.3 is 0 Å². The van der Waals surface area contributed by atoms with Crippen LogP contribution in [-0.2, 0) is 4.79 Å². The number of carbonyl (C=O) groups excluding carboxylic acids is 2. The summed E-state index contributed by atoms with van der Waals surface area (Å²) in [4.78, 5) is 35.7. The lowest BCUT2D eigenvalue weighted by Gasteiger charge is -2.15. The third kappa shape index (κ3) is 4.92. The number of nitrogens with zero attached hydrogens (tertiary/aromatic N) is 2. The predicted molar refractivity (Wildman–Crippen MR) is 105 cm³/mol. The molecule has 29 heavy (non-hydrogen) atoms. The smallest absolute Gasteiger partial charge is 0.271 e. The van der Waals surface area contributed by atoms with Crippen LogP contribution in [0, 0.1) is 5.82 Å². The van der Waals surface area contributed by atoms with Crippen LogP contribution >= 0.6 is 0 Å². The first-order valence-corrected chi connectivity index (χ1v) is 8.78. The van der Waals surface area contributed by atoms with Crippen LogP contribution in [0.2, 0.25) is 0 Å². The van der Waals surface area contributed by atoms with Gasteiger partial charge in [-0.2, -0.15) is 4.68 Å². The molecule has 0 unspecified atom stereocenters. The second-order valence-electron chi connectivity index (χ2n) is 6.28. The fourth-order valence-electron chi connectivity index (χ4n) is 2.49. The van der Waals surface area contributed by atoms with Gasteiger partial charge in [-0.25, -0.2) is 4.39 Å². The summed E-state index contributed by atoms with van der Waals surface area (Å²) in [6.45, 7) is 3.00. The zero-order valence-corrected chi connectivity index (χ0v) is 15.8. The average molecular weight is 395 g/mol. The first-order chi connectivity index (χ1) is 13.8. The number of halogens is 1. The van der Waals surface area contributed by atoms with Crippen molar-refractivity contribution < 1.29 is 18.7 Å². The van der Waals surface area contributed by atoms with Gasteiger partial charge in [-0.05, 0) is 62.4 Å². The molecule has 0 aliphatic rings. The quantitative estimate of drug-likeness (QED) is 0.648. The first-order valence-electron chi connectivity index (χ1n) is 8.78. The minimum Gasteiger partial charge on any atom is -0.463 e. The molecule has 2 aromatic carbocycles. The minimum absolute atomic E-state index is 0.0588. The lowest BCUT2D eigenvalue weighted by atomic mass is 10.1. The summed E-state index contributed by atoms with van der Waals surface area (Å²) in [7, 11) is 0. The van der Waals surface area contributed by atoms with Gasteiger partial charge in [-0.3, -0.25) is 14.4 Å². The van der Waals surface area contributed by atoms with Crippen LogP contribution in [0.1, 0.15) is 24.2 Å². The highest BCUT2D eigenvalue weighted by Gasteiger charge is 2.16. The summed E-state index contributed by atoms with van der Waals surface area (Å²) in [6.07, 6.45) is -0.908. The molecule has 148 valence electrons. The molecule has 1 N–H and O–H groups in total. The zero-order valence-electron chi connectivity index (χ0n) is 15.8. The predicted octanol–water partition coefficient (Wildman–Crippen LogP) is 2.98. The van der Waals surface area contributed by atoms with Crippen LogP contribution in [0.25, 0.3) is 5.69 Å². The van der Waals surface area contributed by atoms with Crippen molar-refractivity contribution >= 4 is 17.4 Å². The van der Waals surface area contributed by atoms with Gasteiger partial charge in [0.1, 0.15) is 5.82 Å². The number of benzene rings is 2. The Balaban J connectivity index is 1.71. The van der Waals surface area contributed by atoms with Crippen molar-refractivity contribution in [1.29, 1.82) is 0 Å². The molecule has 1 amide bonds. The summed E-state index contributed by atoms with van der Waals surface area (Å²) in [5.74, 6) is -0.872. The van der Waals surface area contributed by atoms with Gasteiger partial charge in [0.2, 0.25) is 5.88 Å². The third-order valence-corrected chi connectivity index (χ3v) is 4.07. The largest absolute Gasteiger partial charge is 0.463 e. The lowest BCUT2D eigenvalue weighted by molar-refractivity contribution is -0.122. The van der Waals surface area contributed by atoms with Crippen molar-refractivity contribution in [2.45, 2.75) is 20.0 Å². The van der Waals surface area contributed by atoms with Crippen molar-refractivity contribution in [3.63, 3.8) is 0 Å². The van der Waals surface area contributed by atoms with Gasteiger partial charge in [0, 0.05) is 23.4 Å². The maximum absolute atomic E-state index is 13.1. The van der Waals surface area contributed by atoms with Crippen LogP contribution in [0.15, 0.2) is 65.5 Å². The maximum atomic E-state index is 13.1. The Morgan fingerprint density at radius 3 is 2.31 bits per heavy atom. The summed E-state index contributed by atoms with van der Waals surface area (Å²) < 4.78 is 19.7. The summed E-state index contributed by atoms with van der Waals surface area (Å²) in [5, 5.41) is 6.75. The molecule has 3 aromatic rings. The van der Waals surface area contributed by atoms with Crippen molar-refractivity contribution in [3.8, 4) is 11.6 Å². The number of nitrogens with one attached hydrogen (secondary N) is 1. The van der Waals surface area contributed by atoms with E-state index in [1.54, 1.807) is 24.3 Å². The van der Waals surface area contributed by atoms with Gasteiger partial charge in [-0.1, -0.05) is 0 Å². The summed E-state index contributed by atoms with van der Waals surface area (Å²) >= 11 is 0. The Bertz CT molecular complexity index is 1090. The molecule has 0 spiro atoms. The normalized spacial score (nSPS) is 11.6. The summed E-state index contributed by atoms with van der Waals surface area (Å²) in [5.41, 5.74) is 0.996. The molecule has 1 aromatic heterocycles. The molecule has 0 aliphatic carbocycles. The number of aromatic nitrogens is 2. The van der Waals surface area contributed by atoms with Gasteiger partial charge in [-0.15, -0.1) is 5.10 Å². The molecule has 1 atom stereocenters. The number of ether oxygens (including phenoxy) is 1. The fraction of sp³-hybridized carbons (Fsp3) is 0.143. The molecule has 1 heterocycles. The number of carbonyl (C=O) groups is 2. The van der Waals surface area contributed by atoms with Crippen LogP contribution in [0.3, 0.4) is 0 Å². The van der Waals surface area contributed by atoms with Gasteiger partial charge in [0.05, 0.1) is 5.69 Å². The third-order valence-electron chi connectivity index (χ3n) is 4.07. The van der Waals surface area contributed by atoms with Crippen LogP contribution in [0.4, 0.5) is 10.1 Å². The highest BCUT2D eigenvalue weighted by Crippen LogP contribution is 2.13. The molecular formula is C21H18FN3O4. The molecule has 0 saturated heterocycles. The molecule has 8 heteroatoms. The van der Waals surface area contributed by atoms with E-state index >= 15 is 0 Å². The first kappa shape index (κ1) is 19.9. The topological polar surface area (TPSA) is 90.3 Å². The highest BCUT2D eigenvalue weighted by atomic mass is 19.1. The Morgan fingerprint density at radius 1 is 1.03 bits per heavy atom. The standard InChI is InChI=1S/C21H18FN3O4/c1-13(26)15-3-7-17(8-4-15)23-21(28)14(2)29-19-11-12-20(27)25(24-19)18-9-5-16(22)6-10-18/h3-12,14H,1-2H3,(H,23,28)/t14-/m1/s1. The average Bonchev–Trinajstić information content (AvgIpc) is 2.70. The lowest BCUT2D eigenvalue weighted by Crippen LogP contribution is -2.31. The molecule has 0 saturated carbocycles. The molecular weight excluding hydrogens is 377 g/mol. The van der Waals surface area contributed by atoms with E-state index in [1.807, 2.05) is 0 Å². The zero-order chi connectivity index (χ0) is 21.0. The second kappa shape index (κ2) is 8.47. The van der Waals surface area contributed by atoms with E-state index in [0.29, 0.717) is 16.9 Å². The van der Waals surface area contributed by atoms with Crippen molar-refractivity contribution in [2.75, 3.05) is 5.32 Å². The monoisotopic (exact) mass is 395 g/mol. The van der Waals surface area contributed by atoms with Crippen molar-refractivity contribution in [3.05, 3.63) is 82.4 Å². The van der Waals surface area contributed by atoms with Gasteiger partial charge in [0.25, 0.3) is 11.5 Å². The molecule has 0 bridgehead atoms. The van der Waals surface area contributed by atoms with E-state index in [9.17, 15) is 18.8 Å². The Kier molecular flexibility index (Phi) is 5.82. The molecule has 7 nitrogen and oxygen atoms in total. The van der Waals surface area contributed by atoms with Crippen LogP contribution in [0.5, 0.6) is 5.88 Å². The molecule has 3 rings (SSSR count). The van der Waals surface area contributed by atoms with Crippen LogP contribution in [-0.4, -0.2) is 27.6 Å². The summed E-state index contributed by atoms with van der Waals surface area (Å²) in [6, 6.07) is 14.3. The number of ketones is 1. The van der Waals surface area contributed by atoms with Gasteiger partial charge in [0.15, 0.2) is 11.9 Å². The van der Waals surface area contributed by atoms with Gasteiger partial charge < -0.3 is 10.1 Å². The van der Waals surface area contributed by atoms with Crippen LogP contribution < -0.4 is 15.6 Å². The second-order valence-corrected chi connectivity index (χ2v) is 6.28. The molecule has 0 radical (unpaired) electrons. The highest BCUT2D eigenvalue weighted by molar-refractivity contribution is 5.96. The minimum atomic E-state index is -0.908. The van der Waals surface area contributed by atoms with E-state index in [2.05, 4.69) is 10.4 Å². The molecule has 0 fully saturated rings. The van der Waals surface area contributed by atoms with Crippen molar-refractivity contribution in [1.82, 2.24) is 9.78 Å². The van der Waals surface area contributed by atoms with E-state index in [0.717, 1.165) is 4.68 Å². The Morgan fingerprint density at radius 2 is 1.69 bits per heavy atom. The number of hydrogen-bond donors (Lipinski definition) is 1. The fourth-order valence-corrected chi connectivity index (χ4v) is 2.49. The van der Waals surface area contributed by atoms with E-state index in [1.165, 1.54) is 50.2 Å². The number of rotatable bonds is 6. The Labute approximate surface area is 165 Å². The van der Waals surface area contributed by atoms with E-state index in [-0.39, 0.29) is 11.7 Å². The molecule has 0 aliphatic heterocycles.